The van der Waals surface area contributed by atoms with E-state index in [0.29, 0.717) is 0 Å². The van der Waals surface area contributed by atoms with Gasteiger partial charge in [-0.25, -0.2) is 0 Å². The van der Waals surface area contributed by atoms with Crippen molar-refractivity contribution in [2.75, 3.05) is 0 Å². The third-order valence-corrected chi connectivity index (χ3v) is 4.43. The topological polar surface area (TPSA) is 0 Å². The Morgan fingerprint density at radius 2 is 1.76 bits per heavy atom. The molecule has 1 fully saturated rings. The average molecular weight is 293 g/mol. The van der Waals surface area contributed by atoms with Crippen LogP contribution < -0.4 is 0 Å². The molecule has 1 saturated carbocycles. The lowest BCUT2D eigenvalue weighted by atomic mass is 9.92. The molecule has 21 heavy (non-hydrogen) atoms. The van der Waals surface area contributed by atoms with Crippen LogP contribution in [0.15, 0.2) is 24.3 Å². The number of hydrogen-bond acceptors (Lipinski definition) is 0. The summed E-state index contributed by atoms with van der Waals surface area (Å²) in [6, 6.07) is 0. The van der Waals surface area contributed by atoms with Crippen LogP contribution in [0.5, 0.6) is 0 Å². The first kappa shape index (κ1) is 20.5. The van der Waals surface area contributed by atoms with E-state index in [9.17, 15) is 0 Å². The second-order valence-electron chi connectivity index (χ2n) is 6.91. The molecule has 1 aliphatic carbocycles. The average Bonchev–Trinajstić information content (AvgIpc) is 2.92. The summed E-state index contributed by atoms with van der Waals surface area (Å²) in [5.41, 5.74) is 0. The Balaban J connectivity index is 0.000000885. The van der Waals surface area contributed by atoms with Gasteiger partial charge in [0.1, 0.15) is 0 Å². The highest BCUT2D eigenvalue weighted by Gasteiger charge is 2.23. The summed E-state index contributed by atoms with van der Waals surface area (Å²) < 4.78 is 0. The monoisotopic (exact) mass is 292 g/mol. The van der Waals surface area contributed by atoms with Gasteiger partial charge in [0, 0.05) is 0 Å². The van der Waals surface area contributed by atoms with Crippen LogP contribution in [0, 0.1) is 17.8 Å². The first-order valence-corrected chi connectivity index (χ1v) is 9.43. The molecule has 0 aromatic rings. The molecular formula is C21H40. The highest BCUT2D eigenvalue weighted by Crippen LogP contribution is 2.35. The van der Waals surface area contributed by atoms with Gasteiger partial charge in [0.2, 0.25) is 0 Å². The molecule has 0 bridgehead atoms. The van der Waals surface area contributed by atoms with Gasteiger partial charge in [0.25, 0.3) is 0 Å². The van der Waals surface area contributed by atoms with E-state index in [4.69, 9.17) is 0 Å². The van der Waals surface area contributed by atoms with Gasteiger partial charge in [-0.3, -0.25) is 0 Å². The normalized spacial score (nSPS) is 22.2. The van der Waals surface area contributed by atoms with Gasteiger partial charge in [-0.2, -0.15) is 0 Å². The van der Waals surface area contributed by atoms with Crippen molar-refractivity contribution in [3.05, 3.63) is 24.3 Å². The fraction of sp³-hybridized carbons (Fsp3) is 0.810. The number of unbranched alkanes of at least 4 members (excludes halogenated alkanes) is 2. The van der Waals surface area contributed by atoms with Crippen molar-refractivity contribution in [3.8, 4) is 0 Å². The Bertz CT molecular complexity index is 257. The van der Waals surface area contributed by atoms with Gasteiger partial charge in [-0.15, -0.1) is 0 Å². The molecule has 1 rings (SSSR count). The molecule has 124 valence electrons. The zero-order valence-corrected chi connectivity index (χ0v) is 15.4. The van der Waals surface area contributed by atoms with E-state index in [2.05, 4.69) is 58.9 Å². The van der Waals surface area contributed by atoms with E-state index in [1.807, 2.05) is 0 Å². The number of rotatable bonds is 8. The standard InChI is InChI=1S/C17H30.C4H10/c1-4-5-11-16-13-9-14-17(16)12-8-6-7-10-15(2)3;1-3-4-2/h4-5,8,12,15-17H,6-7,9-11,13-14H2,1-3H3;3-4H2,1-2H3/b5-4+,12-8+;. The summed E-state index contributed by atoms with van der Waals surface area (Å²) >= 11 is 0. The highest BCUT2D eigenvalue weighted by molar-refractivity contribution is 4.97. The van der Waals surface area contributed by atoms with Gasteiger partial charge in [0.15, 0.2) is 0 Å². The van der Waals surface area contributed by atoms with Gasteiger partial charge in [0.05, 0.1) is 0 Å². The molecule has 0 amide bonds. The van der Waals surface area contributed by atoms with Gasteiger partial charge in [-0.1, -0.05) is 77.7 Å². The summed E-state index contributed by atoms with van der Waals surface area (Å²) in [7, 11) is 0. The first-order chi connectivity index (χ1) is 10.2. The molecule has 0 heteroatoms. The van der Waals surface area contributed by atoms with Gasteiger partial charge >= 0.3 is 0 Å². The minimum atomic E-state index is 0.859. The van der Waals surface area contributed by atoms with Crippen molar-refractivity contribution >= 4 is 0 Å². The molecule has 1 aliphatic rings. The lowest BCUT2D eigenvalue weighted by Gasteiger charge is -2.13. The van der Waals surface area contributed by atoms with Crippen LogP contribution >= 0.6 is 0 Å². The maximum atomic E-state index is 2.52. The van der Waals surface area contributed by atoms with Crippen LogP contribution in [0.25, 0.3) is 0 Å². The molecule has 2 unspecified atom stereocenters. The summed E-state index contributed by atoms with van der Waals surface area (Å²) in [6.45, 7) is 11.1. The molecule has 0 aliphatic heterocycles. The number of hydrogen-bond donors (Lipinski definition) is 0. The van der Waals surface area contributed by atoms with Crippen LogP contribution in [0.1, 0.15) is 92.4 Å². The van der Waals surface area contributed by atoms with Crippen molar-refractivity contribution in [2.45, 2.75) is 92.4 Å². The lowest BCUT2D eigenvalue weighted by molar-refractivity contribution is 0.462. The molecule has 0 heterocycles. The zero-order valence-electron chi connectivity index (χ0n) is 15.4. The largest absolute Gasteiger partial charge is 0.0917 e. The van der Waals surface area contributed by atoms with E-state index in [1.165, 1.54) is 57.8 Å². The van der Waals surface area contributed by atoms with E-state index in [-0.39, 0.29) is 0 Å². The van der Waals surface area contributed by atoms with Crippen molar-refractivity contribution in [1.82, 2.24) is 0 Å². The summed E-state index contributed by atoms with van der Waals surface area (Å²) in [5, 5.41) is 0. The minimum absolute atomic E-state index is 0.859. The van der Waals surface area contributed by atoms with Gasteiger partial charge < -0.3 is 0 Å². The Morgan fingerprint density at radius 3 is 2.33 bits per heavy atom. The van der Waals surface area contributed by atoms with E-state index in [0.717, 1.165) is 17.8 Å². The molecule has 0 N–H and O–H groups in total. The van der Waals surface area contributed by atoms with Gasteiger partial charge in [-0.05, 0) is 56.8 Å². The third kappa shape index (κ3) is 11.8. The summed E-state index contributed by atoms with van der Waals surface area (Å²) in [4.78, 5) is 0. The first-order valence-electron chi connectivity index (χ1n) is 9.43. The Labute approximate surface area is 135 Å². The second-order valence-corrected chi connectivity index (χ2v) is 6.91. The molecule has 0 aromatic heterocycles. The summed E-state index contributed by atoms with van der Waals surface area (Å²) in [5.74, 6) is 2.65. The minimum Gasteiger partial charge on any atom is -0.0917 e. The fourth-order valence-electron chi connectivity index (χ4n) is 2.84. The summed E-state index contributed by atoms with van der Waals surface area (Å²) in [6.07, 6.45) is 21.7. The Hall–Kier alpha value is -0.520. The molecule has 0 radical (unpaired) electrons. The maximum absolute atomic E-state index is 2.52. The maximum Gasteiger partial charge on any atom is -0.0202 e. The quantitative estimate of drug-likeness (QED) is 0.320. The Kier molecular flexibility index (Phi) is 14.1. The van der Waals surface area contributed by atoms with Crippen LogP contribution in [0.4, 0.5) is 0 Å². The van der Waals surface area contributed by atoms with Crippen molar-refractivity contribution in [3.63, 3.8) is 0 Å². The van der Waals surface area contributed by atoms with Crippen LogP contribution in [0.2, 0.25) is 0 Å². The Morgan fingerprint density at radius 1 is 1.05 bits per heavy atom. The van der Waals surface area contributed by atoms with Crippen LogP contribution in [-0.4, -0.2) is 0 Å². The second kappa shape index (κ2) is 14.4. The fourth-order valence-corrected chi connectivity index (χ4v) is 2.84. The molecule has 0 spiro atoms. The molecular weight excluding hydrogens is 252 g/mol. The molecule has 0 saturated heterocycles. The van der Waals surface area contributed by atoms with Crippen molar-refractivity contribution in [2.24, 2.45) is 17.8 Å². The smallest absolute Gasteiger partial charge is 0.0202 e. The number of allylic oxidation sites excluding steroid dienone is 4. The highest BCUT2D eigenvalue weighted by atomic mass is 14.3. The van der Waals surface area contributed by atoms with E-state index < -0.39 is 0 Å². The third-order valence-electron chi connectivity index (χ3n) is 4.43. The zero-order chi connectivity index (χ0) is 15.9. The predicted octanol–water partition coefficient (Wildman–Crippen LogP) is 7.56. The molecule has 0 aromatic carbocycles. The van der Waals surface area contributed by atoms with Crippen LogP contribution in [0.3, 0.4) is 0 Å². The van der Waals surface area contributed by atoms with E-state index in [1.54, 1.807) is 0 Å². The SMILES string of the molecule is C/C=C/CC1CCCC1/C=C/CCCC(C)C.CCCC. The molecule has 0 nitrogen and oxygen atoms in total. The van der Waals surface area contributed by atoms with Crippen LogP contribution in [-0.2, 0) is 0 Å². The molecule has 2 atom stereocenters. The predicted molar refractivity (Wildman–Crippen MR) is 98.7 cm³/mol. The van der Waals surface area contributed by atoms with E-state index >= 15 is 0 Å². The van der Waals surface area contributed by atoms with Crippen molar-refractivity contribution in [1.29, 1.82) is 0 Å². The lowest BCUT2D eigenvalue weighted by Crippen LogP contribution is -2.03. The van der Waals surface area contributed by atoms with Crippen molar-refractivity contribution < 1.29 is 0 Å².